The Hall–Kier alpha value is -2.19. The van der Waals surface area contributed by atoms with Crippen molar-refractivity contribution in [3.05, 3.63) is 41.1 Å². The lowest BCUT2D eigenvalue weighted by molar-refractivity contribution is 0.356. The van der Waals surface area contributed by atoms with Gasteiger partial charge in [-0.3, -0.25) is 0 Å². The summed E-state index contributed by atoms with van der Waals surface area (Å²) in [5.74, 6) is 1.72. The smallest absolute Gasteiger partial charge is 0.240 e. The molecule has 1 N–H and O–H groups in total. The van der Waals surface area contributed by atoms with Crippen LogP contribution in [0.15, 0.2) is 29.2 Å². The van der Waals surface area contributed by atoms with E-state index in [0.717, 1.165) is 68.0 Å². The molecule has 3 aliphatic rings. The van der Waals surface area contributed by atoms with Gasteiger partial charge in [0.15, 0.2) is 5.82 Å². The van der Waals surface area contributed by atoms with Crippen LogP contribution in [0.3, 0.4) is 0 Å². The molecule has 0 bridgehead atoms. The van der Waals surface area contributed by atoms with E-state index < -0.39 is 10.0 Å². The second-order valence-corrected chi connectivity index (χ2v) is 9.85. The molecule has 1 aromatic heterocycles. The van der Waals surface area contributed by atoms with E-state index in [2.05, 4.69) is 25.9 Å². The number of piperidine rings is 1. The predicted molar refractivity (Wildman–Crippen MR) is 110 cm³/mol. The Morgan fingerprint density at radius 1 is 1.00 bits per heavy atom. The second kappa shape index (κ2) is 7.57. The van der Waals surface area contributed by atoms with E-state index in [1.54, 1.807) is 18.2 Å². The highest BCUT2D eigenvalue weighted by molar-refractivity contribution is 7.89. The van der Waals surface area contributed by atoms with Crippen LogP contribution >= 0.6 is 0 Å². The lowest BCUT2D eigenvalue weighted by Gasteiger charge is -2.33. The largest absolute Gasteiger partial charge is 0.493 e. The van der Waals surface area contributed by atoms with E-state index in [4.69, 9.17) is 4.74 Å². The number of sulfonamides is 1. The van der Waals surface area contributed by atoms with E-state index >= 15 is 0 Å². The first-order valence-corrected chi connectivity index (χ1v) is 12.0. The van der Waals surface area contributed by atoms with E-state index in [0.29, 0.717) is 11.5 Å². The first kappa shape index (κ1) is 18.8. The average Bonchev–Trinajstić information content (AvgIpc) is 3.22. The summed E-state index contributed by atoms with van der Waals surface area (Å²) in [7, 11) is -3.53. The van der Waals surface area contributed by atoms with Gasteiger partial charge in [0.25, 0.3) is 0 Å². The molecule has 0 saturated carbocycles. The number of aryl methyl sites for hydroxylation is 2. The number of hydrogen-bond acceptors (Lipinski definition) is 6. The van der Waals surface area contributed by atoms with Crippen LogP contribution in [0.4, 0.5) is 5.82 Å². The molecular weight excluding hydrogens is 388 g/mol. The lowest BCUT2D eigenvalue weighted by Crippen LogP contribution is -2.45. The molecule has 154 valence electrons. The molecule has 0 unspecified atom stereocenters. The maximum atomic E-state index is 12.8. The van der Waals surface area contributed by atoms with Crippen LogP contribution in [0, 0.1) is 0 Å². The Morgan fingerprint density at radius 3 is 2.69 bits per heavy atom. The molecule has 8 heteroatoms. The fourth-order valence-electron chi connectivity index (χ4n) is 4.48. The van der Waals surface area contributed by atoms with E-state index in [-0.39, 0.29) is 6.04 Å². The van der Waals surface area contributed by atoms with Gasteiger partial charge < -0.3 is 9.64 Å². The van der Waals surface area contributed by atoms with Crippen molar-refractivity contribution in [3.63, 3.8) is 0 Å². The first-order valence-electron chi connectivity index (χ1n) is 10.5. The summed E-state index contributed by atoms with van der Waals surface area (Å²) in [4.78, 5) is 2.55. The molecule has 2 aliphatic heterocycles. The van der Waals surface area contributed by atoms with Crippen LogP contribution in [0.2, 0.25) is 0 Å². The highest BCUT2D eigenvalue weighted by atomic mass is 32.2. The van der Waals surface area contributed by atoms with Gasteiger partial charge in [0, 0.05) is 25.6 Å². The number of rotatable bonds is 4. The van der Waals surface area contributed by atoms with Gasteiger partial charge in [-0.1, -0.05) is 0 Å². The lowest BCUT2D eigenvalue weighted by atomic mass is 9.96. The zero-order valence-electron chi connectivity index (χ0n) is 16.4. The number of fused-ring (bicyclic) bond motifs is 2. The number of aromatic nitrogens is 2. The van der Waals surface area contributed by atoms with Crippen molar-refractivity contribution in [1.82, 2.24) is 14.9 Å². The Kier molecular flexibility index (Phi) is 4.91. The fourth-order valence-corrected chi connectivity index (χ4v) is 5.83. The van der Waals surface area contributed by atoms with Gasteiger partial charge in [0.1, 0.15) is 5.75 Å². The topological polar surface area (TPSA) is 84.4 Å². The number of benzene rings is 1. The molecule has 2 aromatic rings. The van der Waals surface area contributed by atoms with E-state index in [1.165, 1.54) is 18.4 Å². The number of ether oxygens (including phenoxy) is 1. The van der Waals surface area contributed by atoms with Crippen molar-refractivity contribution < 1.29 is 13.2 Å². The highest BCUT2D eigenvalue weighted by Gasteiger charge is 2.27. The SMILES string of the molecule is O=S(=O)(NC1CCN(c2cc3c(nn2)CCCC3)CC1)c1ccc2c(c1)CCO2. The molecule has 7 nitrogen and oxygen atoms in total. The van der Waals surface area contributed by atoms with Crippen molar-refractivity contribution in [2.75, 3.05) is 24.6 Å². The van der Waals surface area contributed by atoms with Crippen LogP contribution in [-0.2, 0) is 29.3 Å². The Morgan fingerprint density at radius 2 is 1.83 bits per heavy atom. The minimum atomic E-state index is -3.53. The quantitative estimate of drug-likeness (QED) is 0.826. The van der Waals surface area contributed by atoms with Crippen LogP contribution in [0.1, 0.15) is 42.5 Å². The summed E-state index contributed by atoms with van der Waals surface area (Å²) in [6.45, 7) is 2.17. The van der Waals surface area contributed by atoms with Crippen LogP contribution in [-0.4, -0.2) is 44.4 Å². The molecule has 0 spiro atoms. The Labute approximate surface area is 171 Å². The zero-order chi connectivity index (χ0) is 19.8. The molecule has 3 heterocycles. The second-order valence-electron chi connectivity index (χ2n) is 8.13. The summed E-state index contributed by atoms with van der Waals surface area (Å²) >= 11 is 0. The maximum absolute atomic E-state index is 12.8. The van der Waals surface area contributed by atoms with Gasteiger partial charge >= 0.3 is 0 Å². The van der Waals surface area contributed by atoms with E-state index in [9.17, 15) is 8.42 Å². The third-order valence-electron chi connectivity index (χ3n) is 6.17. The number of anilines is 1. The Bertz CT molecular complexity index is 1020. The summed E-state index contributed by atoms with van der Waals surface area (Å²) in [5.41, 5.74) is 3.43. The van der Waals surface area contributed by atoms with Crippen molar-refractivity contribution >= 4 is 15.8 Å². The van der Waals surface area contributed by atoms with Crippen molar-refractivity contribution in [2.24, 2.45) is 0 Å². The summed E-state index contributed by atoms with van der Waals surface area (Å²) in [6.07, 6.45) is 6.80. The summed E-state index contributed by atoms with van der Waals surface area (Å²) in [6, 6.07) is 7.24. The van der Waals surface area contributed by atoms with Crippen LogP contribution in [0.25, 0.3) is 0 Å². The van der Waals surface area contributed by atoms with Gasteiger partial charge in [-0.25, -0.2) is 13.1 Å². The standard InChI is InChI=1S/C21H26N4O3S/c26-29(27,18-5-6-20-16(13-18)9-12-28-20)24-17-7-10-25(11-8-17)21-14-15-3-1-2-4-19(15)22-23-21/h5-6,13-14,17,24H,1-4,7-12H2. The molecule has 29 heavy (non-hydrogen) atoms. The number of nitrogens with one attached hydrogen (secondary N) is 1. The number of nitrogens with zero attached hydrogens (tertiary/aromatic N) is 3. The minimum Gasteiger partial charge on any atom is -0.493 e. The fraction of sp³-hybridized carbons (Fsp3) is 0.524. The third kappa shape index (κ3) is 3.83. The molecule has 1 aromatic carbocycles. The molecule has 0 radical (unpaired) electrons. The average molecular weight is 415 g/mol. The van der Waals surface area contributed by atoms with Gasteiger partial charge in [-0.2, -0.15) is 5.10 Å². The number of hydrogen-bond donors (Lipinski definition) is 1. The van der Waals surface area contributed by atoms with Gasteiger partial charge in [0.05, 0.1) is 17.2 Å². The molecule has 0 atom stereocenters. The molecule has 1 fully saturated rings. The molecule has 1 saturated heterocycles. The van der Waals surface area contributed by atoms with Gasteiger partial charge in [-0.15, -0.1) is 5.10 Å². The van der Waals surface area contributed by atoms with Crippen molar-refractivity contribution in [1.29, 1.82) is 0 Å². The van der Waals surface area contributed by atoms with Crippen LogP contribution < -0.4 is 14.4 Å². The normalized spacial score (nSPS) is 19.5. The molecule has 0 amide bonds. The highest BCUT2D eigenvalue weighted by Crippen LogP contribution is 2.28. The predicted octanol–water partition coefficient (Wildman–Crippen LogP) is 2.24. The van der Waals surface area contributed by atoms with Crippen molar-refractivity contribution in [2.45, 2.75) is 55.9 Å². The van der Waals surface area contributed by atoms with Crippen molar-refractivity contribution in [3.8, 4) is 5.75 Å². The van der Waals surface area contributed by atoms with E-state index in [1.807, 2.05) is 0 Å². The molecule has 1 aliphatic carbocycles. The van der Waals surface area contributed by atoms with Gasteiger partial charge in [-0.05, 0) is 73.9 Å². The Balaban J connectivity index is 1.23. The maximum Gasteiger partial charge on any atom is 0.240 e. The minimum absolute atomic E-state index is 0.0636. The molecule has 5 rings (SSSR count). The third-order valence-corrected chi connectivity index (χ3v) is 7.69. The summed E-state index contributed by atoms with van der Waals surface area (Å²) < 4.78 is 34.0. The van der Waals surface area contributed by atoms with Crippen LogP contribution in [0.5, 0.6) is 5.75 Å². The monoisotopic (exact) mass is 414 g/mol. The first-order chi connectivity index (χ1) is 14.1. The summed E-state index contributed by atoms with van der Waals surface area (Å²) in [5, 5.41) is 8.85. The zero-order valence-corrected chi connectivity index (χ0v) is 17.2. The van der Waals surface area contributed by atoms with Gasteiger partial charge in [0.2, 0.25) is 10.0 Å². The molecular formula is C21H26N4O3S.